The fourth-order valence-corrected chi connectivity index (χ4v) is 2.97. The summed E-state index contributed by atoms with van der Waals surface area (Å²) in [6.45, 7) is 0. The van der Waals surface area contributed by atoms with Gasteiger partial charge in [-0.1, -0.05) is 6.07 Å². The number of rotatable bonds is 6. The minimum atomic E-state index is 0.0746. The molecule has 3 heteroatoms. The number of anilines is 1. The topological polar surface area (TPSA) is 41.1 Å². The number of hydrogen-bond acceptors (Lipinski definition) is 2. The van der Waals surface area contributed by atoms with Crippen molar-refractivity contribution in [3.05, 3.63) is 29.8 Å². The van der Waals surface area contributed by atoms with Gasteiger partial charge in [-0.15, -0.1) is 0 Å². The third-order valence-corrected chi connectivity index (χ3v) is 4.63. The first-order valence-electron chi connectivity index (χ1n) is 7.97. The Morgan fingerprint density at radius 3 is 2.35 bits per heavy atom. The lowest BCUT2D eigenvalue weighted by Gasteiger charge is -2.19. The van der Waals surface area contributed by atoms with Crippen LogP contribution in [0.5, 0.6) is 0 Å². The zero-order valence-corrected chi connectivity index (χ0v) is 11.8. The number of amides is 1. The van der Waals surface area contributed by atoms with Crippen molar-refractivity contribution in [2.45, 2.75) is 50.6 Å². The molecule has 3 saturated carbocycles. The van der Waals surface area contributed by atoms with Crippen LogP contribution >= 0.6 is 0 Å². The Morgan fingerprint density at radius 2 is 1.75 bits per heavy atom. The number of nitrogens with one attached hydrogen (secondary N) is 2. The molecule has 3 aliphatic carbocycles. The number of carbonyl (C=O) groups is 1. The van der Waals surface area contributed by atoms with Crippen LogP contribution < -0.4 is 10.6 Å². The summed E-state index contributed by atoms with van der Waals surface area (Å²) in [5.41, 5.74) is 1.89. The Balaban J connectivity index is 1.45. The van der Waals surface area contributed by atoms with Crippen LogP contribution in [0, 0.1) is 11.8 Å². The van der Waals surface area contributed by atoms with Gasteiger partial charge in [-0.25, -0.2) is 0 Å². The van der Waals surface area contributed by atoms with E-state index < -0.39 is 0 Å². The highest BCUT2D eigenvalue weighted by Gasteiger charge is 2.41. The molecule has 106 valence electrons. The molecule has 1 aromatic carbocycles. The molecule has 0 unspecified atom stereocenters. The summed E-state index contributed by atoms with van der Waals surface area (Å²) in [5.74, 6) is 1.81. The number of benzene rings is 1. The normalized spacial score (nSPS) is 21.9. The molecule has 0 spiro atoms. The minimum Gasteiger partial charge on any atom is -0.382 e. The van der Waals surface area contributed by atoms with E-state index in [1.165, 1.54) is 25.7 Å². The maximum absolute atomic E-state index is 12.1. The largest absolute Gasteiger partial charge is 0.382 e. The SMILES string of the molecule is O=C(NC1CC1)c1cccc(NC(C2CC2)C2CC2)c1. The van der Waals surface area contributed by atoms with E-state index in [0.717, 1.165) is 35.9 Å². The number of carbonyl (C=O) groups excluding carboxylic acids is 1. The zero-order valence-electron chi connectivity index (χ0n) is 11.8. The van der Waals surface area contributed by atoms with Crippen LogP contribution in [0.15, 0.2) is 24.3 Å². The molecule has 3 nitrogen and oxygen atoms in total. The van der Waals surface area contributed by atoms with E-state index in [4.69, 9.17) is 0 Å². The summed E-state index contributed by atoms with van der Waals surface area (Å²) in [6, 6.07) is 9.05. The van der Waals surface area contributed by atoms with E-state index in [0.29, 0.717) is 12.1 Å². The van der Waals surface area contributed by atoms with Crippen LogP contribution in [-0.4, -0.2) is 18.0 Å². The highest BCUT2D eigenvalue weighted by Crippen LogP contribution is 2.45. The second-order valence-corrected chi connectivity index (χ2v) is 6.67. The molecule has 0 radical (unpaired) electrons. The summed E-state index contributed by atoms with van der Waals surface area (Å²) in [6.07, 6.45) is 7.75. The van der Waals surface area contributed by atoms with Crippen molar-refractivity contribution < 1.29 is 4.79 Å². The lowest BCUT2D eigenvalue weighted by Crippen LogP contribution is -2.26. The van der Waals surface area contributed by atoms with E-state index in [2.05, 4.69) is 16.7 Å². The molecule has 0 bridgehead atoms. The van der Waals surface area contributed by atoms with Gasteiger partial charge in [0, 0.05) is 23.3 Å². The summed E-state index contributed by atoms with van der Waals surface area (Å²) in [7, 11) is 0. The monoisotopic (exact) mass is 270 g/mol. The van der Waals surface area contributed by atoms with Gasteiger partial charge < -0.3 is 10.6 Å². The summed E-state index contributed by atoms with van der Waals surface area (Å²) in [5, 5.41) is 6.74. The molecule has 1 aromatic rings. The molecule has 0 heterocycles. The molecule has 20 heavy (non-hydrogen) atoms. The molecule has 3 fully saturated rings. The predicted octanol–water partition coefficient (Wildman–Crippen LogP) is 3.18. The molecule has 1 amide bonds. The van der Waals surface area contributed by atoms with Crippen molar-refractivity contribution in [3.8, 4) is 0 Å². The van der Waals surface area contributed by atoms with Gasteiger partial charge in [0.25, 0.3) is 5.91 Å². The summed E-state index contributed by atoms with van der Waals surface area (Å²) >= 11 is 0. The molecule has 0 aliphatic heterocycles. The minimum absolute atomic E-state index is 0.0746. The Hall–Kier alpha value is -1.51. The fourth-order valence-electron chi connectivity index (χ4n) is 2.97. The highest BCUT2D eigenvalue weighted by atomic mass is 16.1. The van der Waals surface area contributed by atoms with Crippen molar-refractivity contribution >= 4 is 11.6 Å². The van der Waals surface area contributed by atoms with Crippen LogP contribution in [0.4, 0.5) is 5.69 Å². The smallest absolute Gasteiger partial charge is 0.251 e. The molecule has 0 saturated heterocycles. The molecule has 0 aromatic heterocycles. The Kier molecular flexibility index (Phi) is 2.94. The van der Waals surface area contributed by atoms with Gasteiger partial charge in [-0.05, 0) is 68.6 Å². The second-order valence-electron chi connectivity index (χ2n) is 6.67. The van der Waals surface area contributed by atoms with Crippen LogP contribution in [0.2, 0.25) is 0 Å². The van der Waals surface area contributed by atoms with Crippen molar-refractivity contribution in [2.24, 2.45) is 11.8 Å². The maximum Gasteiger partial charge on any atom is 0.251 e. The first-order chi connectivity index (χ1) is 9.79. The average Bonchev–Trinajstić information content (AvgIpc) is 3.26. The Labute approximate surface area is 120 Å². The Morgan fingerprint density at radius 1 is 1.05 bits per heavy atom. The van der Waals surface area contributed by atoms with Crippen LogP contribution in [0.3, 0.4) is 0 Å². The van der Waals surface area contributed by atoms with E-state index in [9.17, 15) is 4.79 Å². The van der Waals surface area contributed by atoms with Gasteiger partial charge in [0.05, 0.1) is 0 Å². The quantitative estimate of drug-likeness (QED) is 0.833. The lowest BCUT2D eigenvalue weighted by atomic mass is 10.1. The first kappa shape index (κ1) is 12.2. The molecule has 4 rings (SSSR count). The van der Waals surface area contributed by atoms with Crippen molar-refractivity contribution in [3.63, 3.8) is 0 Å². The molecular formula is C17H22N2O. The van der Waals surface area contributed by atoms with Crippen LogP contribution in [-0.2, 0) is 0 Å². The third kappa shape index (κ3) is 2.82. The average molecular weight is 270 g/mol. The van der Waals surface area contributed by atoms with E-state index in [1.807, 2.05) is 18.2 Å². The lowest BCUT2D eigenvalue weighted by molar-refractivity contribution is 0.0951. The van der Waals surface area contributed by atoms with Crippen molar-refractivity contribution in [1.82, 2.24) is 5.32 Å². The van der Waals surface area contributed by atoms with Gasteiger partial charge in [0.1, 0.15) is 0 Å². The molecule has 0 atom stereocenters. The van der Waals surface area contributed by atoms with Gasteiger partial charge in [-0.3, -0.25) is 4.79 Å². The standard InChI is InChI=1S/C17H22N2O/c20-17(19-14-8-9-14)13-2-1-3-15(10-13)18-16(11-4-5-11)12-6-7-12/h1-3,10-12,14,16,18H,4-9H2,(H,19,20). The second kappa shape index (κ2) is 4.80. The molecule has 2 N–H and O–H groups in total. The van der Waals surface area contributed by atoms with Gasteiger partial charge in [0.2, 0.25) is 0 Å². The predicted molar refractivity (Wildman–Crippen MR) is 79.8 cm³/mol. The fraction of sp³-hybridized carbons (Fsp3) is 0.588. The zero-order chi connectivity index (χ0) is 13.5. The molecular weight excluding hydrogens is 248 g/mol. The Bertz CT molecular complexity index is 503. The van der Waals surface area contributed by atoms with E-state index >= 15 is 0 Å². The first-order valence-corrected chi connectivity index (χ1v) is 7.97. The van der Waals surface area contributed by atoms with E-state index in [-0.39, 0.29) is 5.91 Å². The van der Waals surface area contributed by atoms with Gasteiger partial charge in [0.15, 0.2) is 0 Å². The molecule has 3 aliphatic rings. The maximum atomic E-state index is 12.1. The van der Waals surface area contributed by atoms with Crippen LogP contribution in [0.1, 0.15) is 48.9 Å². The summed E-state index contributed by atoms with van der Waals surface area (Å²) < 4.78 is 0. The van der Waals surface area contributed by atoms with Crippen LogP contribution in [0.25, 0.3) is 0 Å². The van der Waals surface area contributed by atoms with Gasteiger partial charge in [-0.2, -0.15) is 0 Å². The summed E-state index contributed by atoms with van der Waals surface area (Å²) in [4.78, 5) is 12.1. The van der Waals surface area contributed by atoms with E-state index in [1.54, 1.807) is 0 Å². The van der Waals surface area contributed by atoms with Crippen molar-refractivity contribution in [2.75, 3.05) is 5.32 Å². The van der Waals surface area contributed by atoms with Gasteiger partial charge >= 0.3 is 0 Å². The third-order valence-electron chi connectivity index (χ3n) is 4.63. The highest BCUT2D eigenvalue weighted by molar-refractivity contribution is 5.95. The van der Waals surface area contributed by atoms with Crippen molar-refractivity contribution in [1.29, 1.82) is 0 Å². The number of hydrogen-bond donors (Lipinski definition) is 2.